The van der Waals surface area contributed by atoms with Crippen molar-refractivity contribution in [2.24, 2.45) is 23.7 Å². The van der Waals surface area contributed by atoms with Crippen LogP contribution in [0.15, 0.2) is 93.2 Å². The van der Waals surface area contributed by atoms with E-state index >= 15 is 0 Å². The zero-order valence-corrected chi connectivity index (χ0v) is 23.1. The fraction of sp³-hybridized carbons (Fsp3) is 0.250. The Kier molecular flexibility index (Phi) is 5.61. The number of carbonyl (C=O) groups excluding carboxylic acids is 4. The van der Waals surface area contributed by atoms with E-state index in [9.17, 15) is 24.3 Å². The zero-order chi connectivity index (χ0) is 27.9. The topological polar surface area (TPSA) is 101 Å². The second-order valence-corrected chi connectivity index (χ2v) is 11.9. The Labute approximate surface area is 238 Å². The molecule has 0 radical (unpaired) electrons. The summed E-state index contributed by atoms with van der Waals surface area (Å²) in [5.74, 6) is -2.35. The molecule has 8 heteroatoms. The largest absolute Gasteiger partial charge is 0.508 e. The third kappa shape index (κ3) is 3.62. The number of amides is 2. The van der Waals surface area contributed by atoms with Crippen LogP contribution in [0.1, 0.15) is 25.3 Å². The van der Waals surface area contributed by atoms with Gasteiger partial charge in [0.2, 0.25) is 11.8 Å². The molecule has 0 bridgehead atoms. The van der Waals surface area contributed by atoms with Crippen LogP contribution in [0.3, 0.4) is 0 Å². The fourth-order valence-electron chi connectivity index (χ4n) is 7.04. The molecular formula is C32H24BrNO6. The summed E-state index contributed by atoms with van der Waals surface area (Å²) >= 11 is 3.40. The summed E-state index contributed by atoms with van der Waals surface area (Å²) in [5, 5.41) is 10.1. The van der Waals surface area contributed by atoms with Crippen molar-refractivity contribution in [2.75, 3.05) is 4.90 Å². The second kappa shape index (κ2) is 8.99. The number of imide groups is 1. The first-order valence-corrected chi connectivity index (χ1v) is 14.0. The average Bonchev–Trinajstić information content (AvgIpc) is 3.20. The highest BCUT2D eigenvalue weighted by atomic mass is 79.9. The van der Waals surface area contributed by atoms with Gasteiger partial charge in [-0.3, -0.25) is 24.1 Å². The Morgan fingerprint density at radius 3 is 2.55 bits per heavy atom. The first-order valence-electron chi connectivity index (χ1n) is 13.2. The molecule has 200 valence electrons. The maximum absolute atomic E-state index is 14.0. The molecule has 2 amide bonds. The highest BCUT2D eigenvalue weighted by Gasteiger charge is 2.57. The number of ether oxygens (including phenoxy) is 1. The Morgan fingerprint density at radius 1 is 1.00 bits per heavy atom. The summed E-state index contributed by atoms with van der Waals surface area (Å²) in [6.45, 7) is 1.63. The number of Topliss-reactive ketones (excluding diaryl/α,β-unsaturated/α-hetero) is 1. The first kappa shape index (κ1) is 25.0. The predicted octanol–water partition coefficient (Wildman–Crippen LogP) is 5.14. The van der Waals surface area contributed by atoms with Crippen LogP contribution in [0.5, 0.6) is 11.5 Å². The van der Waals surface area contributed by atoms with Gasteiger partial charge >= 0.3 is 0 Å². The number of allylic oxidation sites excluding steroid dienone is 7. The summed E-state index contributed by atoms with van der Waals surface area (Å²) in [4.78, 5) is 55.7. The molecule has 1 N–H and O–H groups in total. The van der Waals surface area contributed by atoms with Gasteiger partial charge in [0, 0.05) is 39.1 Å². The van der Waals surface area contributed by atoms with Crippen LogP contribution < -0.4 is 9.64 Å². The SMILES string of the molecule is CC1=CC(=O)C2=C(C[C@@H]3C(=CC[C@@H]4C(=O)N(c5ccc(Br)cc5)C(=O)[C@@H]43)[C@@H]2C2=COc3ccc(O)cc3C2)C1=O. The minimum absolute atomic E-state index is 0.107. The van der Waals surface area contributed by atoms with Crippen molar-refractivity contribution in [1.82, 2.24) is 0 Å². The van der Waals surface area contributed by atoms with E-state index in [1.807, 2.05) is 6.08 Å². The monoisotopic (exact) mass is 597 g/mol. The lowest BCUT2D eigenvalue weighted by Crippen LogP contribution is -2.41. The number of hydrogen-bond acceptors (Lipinski definition) is 6. The van der Waals surface area contributed by atoms with Crippen LogP contribution in [0.25, 0.3) is 0 Å². The second-order valence-electron chi connectivity index (χ2n) is 11.0. The number of halogens is 1. The van der Waals surface area contributed by atoms with Gasteiger partial charge in [0.05, 0.1) is 23.8 Å². The van der Waals surface area contributed by atoms with Gasteiger partial charge in [-0.25, -0.2) is 0 Å². The van der Waals surface area contributed by atoms with Gasteiger partial charge in [-0.05, 0) is 79.8 Å². The van der Waals surface area contributed by atoms with Gasteiger partial charge in [0.15, 0.2) is 11.6 Å². The standard InChI is InChI=1S/C32H24BrNO6/c1-15-10-25(36)29-24(30(15)37)13-23-21(27(29)17-11-16-12-20(35)6-9-26(16)40-14-17)7-8-22-28(23)32(39)34(31(22)38)19-4-2-18(33)3-5-19/h2-7,9-10,12,14,22-23,27-28,35H,8,11,13H2,1H3/t22-,23+,27-,28-/m0/s1. The smallest absolute Gasteiger partial charge is 0.238 e. The number of carbonyl (C=O) groups is 4. The third-order valence-electron chi connectivity index (χ3n) is 8.79. The van der Waals surface area contributed by atoms with Crippen LogP contribution in [-0.4, -0.2) is 28.5 Å². The van der Waals surface area contributed by atoms with Crippen LogP contribution in [-0.2, 0) is 25.6 Å². The molecule has 7 nitrogen and oxygen atoms in total. The lowest BCUT2D eigenvalue weighted by atomic mass is 9.58. The highest BCUT2D eigenvalue weighted by molar-refractivity contribution is 9.10. The number of rotatable bonds is 2. The number of phenolic OH excluding ortho intramolecular Hbond substituents is 1. The third-order valence-corrected chi connectivity index (χ3v) is 9.32. The van der Waals surface area contributed by atoms with E-state index in [1.54, 1.807) is 55.7 Å². The van der Waals surface area contributed by atoms with Crippen molar-refractivity contribution < 1.29 is 29.0 Å². The molecule has 5 aliphatic rings. The first-order chi connectivity index (χ1) is 19.2. The molecule has 0 saturated carbocycles. The lowest BCUT2D eigenvalue weighted by Gasteiger charge is -2.43. The van der Waals surface area contributed by atoms with Crippen molar-refractivity contribution in [3.05, 3.63) is 98.8 Å². The lowest BCUT2D eigenvalue weighted by molar-refractivity contribution is -0.123. The Balaban J connectivity index is 1.33. The van der Waals surface area contributed by atoms with E-state index in [-0.39, 0.29) is 35.6 Å². The summed E-state index contributed by atoms with van der Waals surface area (Å²) in [7, 11) is 0. The molecule has 2 aromatic rings. The molecular weight excluding hydrogens is 574 g/mol. The van der Waals surface area contributed by atoms with Gasteiger partial charge < -0.3 is 9.84 Å². The predicted molar refractivity (Wildman–Crippen MR) is 149 cm³/mol. The maximum atomic E-state index is 14.0. The normalized spacial score (nSPS) is 27.2. The summed E-state index contributed by atoms with van der Waals surface area (Å²) in [6.07, 6.45) is 6.03. The minimum atomic E-state index is -0.636. The minimum Gasteiger partial charge on any atom is -0.508 e. The molecule has 2 aromatic carbocycles. The highest BCUT2D eigenvalue weighted by Crippen LogP contribution is 2.55. The molecule has 40 heavy (non-hydrogen) atoms. The Morgan fingerprint density at radius 2 is 1.77 bits per heavy atom. The van der Waals surface area contributed by atoms with Crippen LogP contribution in [0.4, 0.5) is 5.69 Å². The zero-order valence-electron chi connectivity index (χ0n) is 21.5. The van der Waals surface area contributed by atoms with E-state index in [0.29, 0.717) is 41.0 Å². The number of hydrogen-bond donors (Lipinski definition) is 1. The maximum Gasteiger partial charge on any atom is 0.238 e. The van der Waals surface area contributed by atoms with E-state index in [1.165, 1.54) is 11.0 Å². The number of benzene rings is 2. The number of phenols is 1. The molecule has 0 unspecified atom stereocenters. The van der Waals surface area contributed by atoms with E-state index in [0.717, 1.165) is 21.2 Å². The summed E-state index contributed by atoms with van der Waals surface area (Å²) in [5.41, 5.74) is 4.16. The molecule has 0 aromatic heterocycles. The molecule has 1 saturated heterocycles. The molecule has 3 aliphatic carbocycles. The van der Waals surface area contributed by atoms with Crippen molar-refractivity contribution in [2.45, 2.75) is 26.2 Å². The average molecular weight is 598 g/mol. The number of nitrogens with zero attached hydrogens (tertiary/aromatic N) is 1. The van der Waals surface area contributed by atoms with Crippen molar-refractivity contribution in [3.63, 3.8) is 0 Å². The van der Waals surface area contributed by atoms with Crippen LogP contribution in [0, 0.1) is 23.7 Å². The number of fused-ring (bicyclic) bond motifs is 4. The van der Waals surface area contributed by atoms with E-state index in [2.05, 4.69) is 15.9 Å². The number of anilines is 1. The number of aromatic hydroxyl groups is 1. The summed E-state index contributed by atoms with van der Waals surface area (Å²) < 4.78 is 6.77. The van der Waals surface area contributed by atoms with E-state index < -0.39 is 23.7 Å². The molecule has 0 spiro atoms. The molecule has 2 heterocycles. The molecule has 4 atom stereocenters. The Hall–Kier alpha value is -4.04. The molecule has 1 fully saturated rings. The van der Waals surface area contributed by atoms with E-state index in [4.69, 9.17) is 4.74 Å². The van der Waals surface area contributed by atoms with Gasteiger partial charge in [-0.2, -0.15) is 0 Å². The number of ketones is 2. The van der Waals surface area contributed by atoms with Gasteiger partial charge in [-0.15, -0.1) is 0 Å². The molecule has 7 rings (SSSR count). The van der Waals surface area contributed by atoms with Crippen molar-refractivity contribution in [1.29, 1.82) is 0 Å². The Bertz CT molecular complexity index is 1680. The van der Waals surface area contributed by atoms with Crippen molar-refractivity contribution >= 4 is 45.0 Å². The van der Waals surface area contributed by atoms with Gasteiger partial charge in [0.1, 0.15) is 11.5 Å². The summed E-state index contributed by atoms with van der Waals surface area (Å²) in [6, 6.07) is 11.9. The fourth-order valence-corrected chi connectivity index (χ4v) is 7.30. The quantitative estimate of drug-likeness (QED) is 0.292. The van der Waals surface area contributed by atoms with Gasteiger partial charge in [-0.1, -0.05) is 27.6 Å². The van der Waals surface area contributed by atoms with Crippen LogP contribution >= 0.6 is 15.9 Å². The van der Waals surface area contributed by atoms with Crippen molar-refractivity contribution in [3.8, 4) is 11.5 Å². The molecule has 2 aliphatic heterocycles. The van der Waals surface area contributed by atoms with Crippen LogP contribution in [0.2, 0.25) is 0 Å². The van der Waals surface area contributed by atoms with Gasteiger partial charge in [0.25, 0.3) is 0 Å².